The summed E-state index contributed by atoms with van der Waals surface area (Å²) in [6.07, 6.45) is -1.64. The molecule has 3 aromatic rings. The van der Waals surface area contributed by atoms with Crippen LogP contribution in [0.5, 0.6) is 5.75 Å². The SMILES string of the molecule is O=C(ON(c1nccs1)S(=O)(=O)c1cc(Cl)c(OC2C[C@H]3CC[C@@H](C2)N3Cc2cccc(Cl)c2)cc1F)C(F)(F)F. The first-order valence-electron chi connectivity index (χ1n) is 12.2. The monoisotopic (exact) mass is 653 g/mol. The minimum Gasteiger partial charge on any atom is -0.489 e. The number of ether oxygens (including phenoxy) is 1. The summed E-state index contributed by atoms with van der Waals surface area (Å²) in [7, 11) is -5.22. The largest absolute Gasteiger partial charge is 0.493 e. The number of anilines is 1. The van der Waals surface area contributed by atoms with Crippen molar-refractivity contribution in [3.8, 4) is 5.75 Å². The van der Waals surface area contributed by atoms with Crippen LogP contribution in [0.1, 0.15) is 31.2 Å². The number of carbonyl (C=O) groups is 1. The Morgan fingerprint density at radius 2 is 1.85 bits per heavy atom. The summed E-state index contributed by atoms with van der Waals surface area (Å²) in [4.78, 5) is 20.4. The lowest BCUT2D eigenvalue weighted by molar-refractivity contribution is -0.199. The number of aromatic nitrogens is 1. The standard InChI is InChI=1S/C25H21Cl2F4N3O5S2/c26-15-3-1-2-14(8-15)13-33-16-4-5-17(33)10-18(9-16)38-21-12-20(28)22(11-19(21)27)41(36,37)34(24-32-6-7-40-24)39-23(35)25(29,30)31/h1-3,6-8,11-12,16-18H,4-5,9-10,13H2/t16-,17+,18?. The molecule has 1 unspecified atom stereocenters. The number of alkyl halides is 3. The molecule has 0 saturated carbocycles. The van der Waals surface area contributed by atoms with E-state index in [0.29, 0.717) is 35.3 Å². The van der Waals surface area contributed by atoms with Crippen molar-refractivity contribution < 1.29 is 40.3 Å². The third-order valence-electron chi connectivity index (χ3n) is 6.84. The number of hydrogen-bond acceptors (Lipinski definition) is 8. The lowest BCUT2D eigenvalue weighted by atomic mass is 9.98. The quantitative estimate of drug-likeness (QED) is 0.206. The number of carbonyl (C=O) groups excluding carboxylic acids is 1. The molecule has 2 aliphatic heterocycles. The van der Waals surface area contributed by atoms with E-state index in [-0.39, 0.29) is 33.4 Å². The third-order valence-corrected chi connectivity index (χ3v) is 9.78. The van der Waals surface area contributed by atoms with Crippen LogP contribution in [0.4, 0.5) is 22.7 Å². The zero-order chi connectivity index (χ0) is 29.5. The van der Waals surface area contributed by atoms with Crippen LogP contribution in [0.25, 0.3) is 0 Å². The molecule has 2 fully saturated rings. The number of benzene rings is 2. The summed E-state index contributed by atoms with van der Waals surface area (Å²) < 4.78 is 85.7. The Kier molecular flexibility index (Phi) is 8.41. The van der Waals surface area contributed by atoms with Crippen LogP contribution in [0, 0.1) is 5.82 Å². The number of nitrogens with zero attached hydrogens (tertiary/aromatic N) is 3. The fourth-order valence-corrected chi connectivity index (χ4v) is 7.68. The summed E-state index contributed by atoms with van der Waals surface area (Å²) in [6, 6.07) is 9.49. The van der Waals surface area contributed by atoms with Gasteiger partial charge in [0, 0.05) is 41.3 Å². The molecule has 5 rings (SSSR count). The van der Waals surface area contributed by atoms with Crippen LogP contribution in [0.2, 0.25) is 10.0 Å². The molecular formula is C25H21Cl2F4N3O5S2. The summed E-state index contributed by atoms with van der Waals surface area (Å²) >= 11 is 12.9. The van der Waals surface area contributed by atoms with Gasteiger partial charge in [-0.25, -0.2) is 14.2 Å². The molecule has 16 heteroatoms. The molecular weight excluding hydrogens is 633 g/mol. The van der Waals surface area contributed by atoms with Crippen LogP contribution >= 0.6 is 34.5 Å². The maximum atomic E-state index is 15.2. The maximum absolute atomic E-state index is 15.2. The Labute approximate surface area is 246 Å². The average Bonchev–Trinajstić information content (AvgIpc) is 3.49. The number of piperidine rings is 1. The second-order valence-electron chi connectivity index (χ2n) is 9.53. The number of sulfonamides is 1. The molecule has 0 aliphatic carbocycles. The van der Waals surface area contributed by atoms with Crippen molar-refractivity contribution in [3.05, 3.63) is 69.4 Å². The van der Waals surface area contributed by atoms with Crippen molar-refractivity contribution >= 4 is 55.7 Å². The van der Waals surface area contributed by atoms with Crippen molar-refractivity contribution in [1.29, 1.82) is 0 Å². The summed E-state index contributed by atoms with van der Waals surface area (Å²) in [5, 5.41) is 0.939. The van der Waals surface area contributed by atoms with E-state index in [9.17, 15) is 26.4 Å². The molecule has 2 saturated heterocycles. The molecule has 3 heterocycles. The van der Waals surface area contributed by atoms with Gasteiger partial charge in [0.25, 0.3) is 0 Å². The Balaban J connectivity index is 1.33. The highest BCUT2D eigenvalue weighted by molar-refractivity contribution is 7.92. The molecule has 2 aromatic carbocycles. The molecule has 3 atom stereocenters. The van der Waals surface area contributed by atoms with E-state index in [4.69, 9.17) is 27.9 Å². The minimum atomic E-state index is -5.53. The van der Waals surface area contributed by atoms with Gasteiger partial charge < -0.3 is 9.57 Å². The first-order chi connectivity index (χ1) is 19.3. The first kappa shape index (κ1) is 29.8. The predicted molar refractivity (Wildman–Crippen MR) is 143 cm³/mol. The van der Waals surface area contributed by atoms with E-state index >= 15 is 4.39 Å². The molecule has 220 valence electrons. The zero-order valence-corrected chi connectivity index (χ0v) is 24.0. The number of rotatable bonds is 8. The van der Waals surface area contributed by atoms with Gasteiger partial charge in [0.1, 0.15) is 22.6 Å². The van der Waals surface area contributed by atoms with Gasteiger partial charge in [0.05, 0.1) is 5.02 Å². The lowest BCUT2D eigenvalue weighted by Gasteiger charge is -2.39. The van der Waals surface area contributed by atoms with Crippen molar-refractivity contribution in [2.24, 2.45) is 0 Å². The highest BCUT2D eigenvalue weighted by Crippen LogP contribution is 2.40. The van der Waals surface area contributed by atoms with Crippen LogP contribution < -0.4 is 9.21 Å². The van der Waals surface area contributed by atoms with Gasteiger partial charge in [-0.2, -0.15) is 21.6 Å². The molecule has 0 radical (unpaired) electrons. The first-order valence-corrected chi connectivity index (χ1v) is 15.3. The smallest absolute Gasteiger partial charge is 0.489 e. The van der Waals surface area contributed by atoms with Crippen LogP contribution in [0.15, 0.2) is 52.9 Å². The average molecular weight is 654 g/mol. The number of hydrogen-bond donors (Lipinski definition) is 0. The van der Waals surface area contributed by atoms with Crippen LogP contribution in [0.3, 0.4) is 0 Å². The molecule has 0 N–H and O–H groups in total. The van der Waals surface area contributed by atoms with E-state index in [1.54, 1.807) is 0 Å². The third kappa shape index (κ3) is 6.41. The number of fused-ring (bicyclic) bond motifs is 2. The van der Waals surface area contributed by atoms with Gasteiger partial charge in [-0.05, 0) is 49.4 Å². The lowest BCUT2D eigenvalue weighted by Crippen LogP contribution is -2.45. The van der Waals surface area contributed by atoms with Crippen LogP contribution in [-0.2, 0) is 26.2 Å². The normalized spacial score (nSPS) is 21.1. The second kappa shape index (κ2) is 11.6. The Hall–Kier alpha value is -2.65. The van der Waals surface area contributed by atoms with Crippen molar-refractivity contribution in [2.45, 2.75) is 61.5 Å². The van der Waals surface area contributed by atoms with Gasteiger partial charge in [0.2, 0.25) is 5.13 Å². The summed E-state index contributed by atoms with van der Waals surface area (Å²) in [5.74, 6) is -4.32. The number of thiazole rings is 1. The van der Waals surface area contributed by atoms with Gasteiger partial charge in [-0.15, -0.1) is 11.3 Å². The molecule has 0 spiro atoms. The molecule has 2 bridgehead atoms. The van der Waals surface area contributed by atoms with Gasteiger partial charge >= 0.3 is 22.2 Å². The van der Waals surface area contributed by atoms with Gasteiger partial charge in [-0.3, -0.25) is 4.90 Å². The van der Waals surface area contributed by atoms with Crippen molar-refractivity contribution in [1.82, 2.24) is 9.88 Å². The van der Waals surface area contributed by atoms with Gasteiger partial charge in [-0.1, -0.05) is 39.8 Å². The Morgan fingerprint density at radius 3 is 2.46 bits per heavy atom. The fourth-order valence-electron chi connectivity index (χ4n) is 5.12. The molecule has 0 amide bonds. The molecule has 1 aromatic heterocycles. The Bertz CT molecular complexity index is 1530. The number of halogens is 6. The highest BCUT2D eigenvalue weighted by Gasteiger charge is 2.46. The maximum Gasteiger partial charge on any atom is 0.493 e. The highest BCUT2D eigenvalue weighted by atomic mass is 35.5. The summed E-state index contributed by atoms with van der Waals surface area (Å²) in [6.45, 7) is 0.721. The zero-order valence-electron chi connectivity index (χ0n) is 20.9. The molecule has 2 aliphatic rings. The van der Waals surface area contributed by atoms with Crippen molar-refractivity contribution in [2.75, 3.05) is 4.47 Å². The van der Waals surface area contributed by atoms with E-state index < -0.39 is 38.0 Å². The van der Waals surface area contributed by atoms with E-state index in [1.807, 2.05) is 24.3 Å². The van der Waals surface area contributed by atoms with E-state index in [0.717, 1.165) is 37.2 Å². The summed E-state index contributed by atoms with van der Waals surface area (Å²) in [5.41, 5.74) is 1.09. The molecule has 8 nitrogen and oxygen atoms in total. The van der Waals surface area contributed by atoms with E-state index in [2.05, 4.69) is 14.7 Å². The van der Waals surface area contributed by atoms with Crippen LogP contribution in [-0.4, -0.2) is 48.6 Å². The second-order valence-corrected chi connectivity index (χ2v) is 13.0. The topological polar surface area (TPSA) is 89.0 Å². The van der Waals surface area contributed by atoms with E-state index in [1.165, 1.54) is 5.38 Å². The Morgan fingerprint density at radius 1 is 1.15 bits per heavy atom. The minimum absolute atomic E-state index is 0.121. The van der Waals surface area contributed by atoms with Gasteiger partial charge in [0.15, 0.2) is 0 Å². The van der Waals surface area contributed by atoms with Crippen molar-refractivity contribution in [3.63, 3.8) is 0 Å². The predicted octanol–water partition coefficient (Wildman–Crippen LogP) is 6.38. The molecule has 41 heavy (non-hydrogen) atoms. The fraction of sp³-hybridized carbons (Fsp3) is 0.360.